The monoisotopic (exact) mass is 388 g/mol. The number of aliphatic hydroxyl groups excluding tert-OH is 1. The van der Waals surface area contributed by atoms with Gasteiger partial charge in [0.2, 0.25) is 0 Å². The first-order chi connectivity index (χ1) is 13.4. The average molecular weight is 389 g/mol. The van der Waals surface area contributed by atoms with E-state index in [0.717, 1.165) is 76.6 Å². The van der Waals surface area contributed by atoms with E-state index < -0.39 is 0 Å². The lowest BCUT2D eigenvalue weighted by molar-refractivity contribution is -0.153. The zero-order valence-electron chi connectivity index (χ0n) is 17.5. The third-order valence-electron chi connectivity index (χ3n) is 9.57. The average Bonchev–Trinajstić information content (AvgIpc) is 3.29. The molecule has 5 heteroatoms. The molecule has 5 fully saturated rings. The predicted octanol–water partition coefficient (Wildman–Crippen LogP) is 3.30. The summed E-state index contributed by atoms with van der Waals surface area (Å²) in [5, 5.41) is 19.0. The van der Waals surface area contributed by atoms with E-state index in [1.54, 1.807) is 0 Å². The van der Waals surface area contributed by atoms with Crippen molar-refractivity contribution >= 4 is 11.5 Å². The maximum Gasteiger partial charge on any atom is 0.141 e. The number of carbonyl (C=O) groups is 1. The minimum Gasteiger partial charge on any atom is -0.393 e. The predicted molar refractivity (Wildman–Crippen MR) is 108 cm³/mol. The fraction of sp³-hybridized carbons (Fsp3) is 0.913. The molecule has 2 N–H and O–H groups in total. The van der Waals surface area contributed by atoms with Crippen LogP contribution in [-0.4, -0.2) is 41.9 Å². The summed E-state index contributed by atoms with van der Waals surface area (Å²) in [5.74, 6) is 2.41. The molecule has 5 aliphatic rings. The van der Waals surface area contributed by atoms with Crippen molar-refractivity contribution in [2.45, 2.75) is 83.8 Å². The van der Waals surface area contributed by atoms with Gasteiger partial charge < -0.3 is 15.3 Å². The lowest BCUT2D eigenvalue weighted by Gasteiger charge is -2.60. The van der Waals surface area contributed by atoms with Gasteiger partial charge in [0.05, 0.1) is 11.8 Å². The highest BCUT2D eigenvalue weighted by atomic mass is 16.6. The van der Waals surface area contributed by atoms with Crippen LogP contribution in [0.15, 0.2) is 5.16 Å². The smallest absolute Gasteiger partial charge is 0.141 e. The Morgan fingerprint density at radius 2 is 1.96 bits per heavy atom. The van der Waals surface area contributed by atoms with Crippen molar-refractivity contribution < 1.29 is 14.7 Å². The van der Waals surface area contributed by atoms with Crippen molar-refractivity contribution in [3.8, 4) is 0 Å². The van der Waals surface area contributed by atoms with Crippen molar-refractivity contribution in [3.05, 3.63) is 0 Å². The van der Waals surface area contributed by atoms with Crippen molar-refractivity contribution in [1.82, 2.24) is 5.32 Å². The van der Waals surface area contributed by atoms with Gasteiger partial charge in [-0.05, 0) is 80.6 Å². The molecular weight excluding hydrogens is 352 g/mol. The van der Waals surface area contributed by atoms with E-state index in [9.17, 15) is 9.90 Å². The third kappa shape index (κ3) is 2.79. The molecule has 28 heavy (non-hydrogen) atoms. The van der Waals surface area contributed by atoms with Gasteiger partial charge in [0.15, 0.2) is 0 Å². The molecule has 5 nitrogen and oxygen atoms in total. The number of hydrogen-bond donors (Lipinski definition) is 2. The second kappa shape index (κ2) is 6.80. The molecular formula is C23H36N2O3. The summed E-state index contributed by atoms with van der Waals surface area (Å²) in [6, 6.07) is 0. The van der Waals surface area contributed by atoms with Gasteiger partial charge in [-0.2, -0.15) is 0 Å². The van der Waals surface area contributed by atoms with Gasteiger partial charge in [0.1, 0.15) is 11.9 Å². The standard InChI is InChI=1S/C23H36N2O3/c1-22-8-5-14(25-28-15-7-10-24-13-15)11-19(22)20(26)12-16-17-3-4-21(27)23(17,2)9-6-18(16)22/h15-20,24,26H,3-13H2,1-2H3/t15-,16+,17+,18+,19?,20+,22-,23+/m1/s1. The fourth-order valence-corrected chi connectivity index (χ4v) is 7.82. The van der Waals surface area contributed by atoms with Crippen LogP contribution >= 0.6 is 0 Å². The van der Waals surface area contributed by atoms with Crippen LogP contribution in [-0.2, 0) is 9.63 Å². The van der Waals surface area contributed by atoms with Crippen LogP contribution in [0.5, 0.6) is 0 Å². The van der Waals surface area contributed by atoms with Crippen LogP contribution in [0.2, 0.25) is 0 Å². The summed E-state index contributed by atoms with van der Waals surface area (Å²) < 4.78 is 0. The largest absolute Gasteiger partial charge is 0.393 e. The first-order valence-electron chi connectivity index (χ1n) is 11.6. The van der Waals surface area contributed by atoms with Crippen LogP contribution in [0.4, 0.5) is 0 Å². The number of rotatable bonds is 2. The van der Waals surface area contributed by atoms with E-state index in [1.165, 1.54) is 0 Å². The second-order valence-electron chi connectivity index (χ2n) is 10.8. The summed E-state index contributed by atoms with van der Waals surface area (Å²) in [7, 11) is 0. The lowest BCUT2D eigenvalue weighted by atomic mass is 9.44. The molecule has 0 aromatic heterocycles. The van der Waals surface area contributed by atoms with Crippen LogP contribution < -0.4 is 5.32 Å². The zero-order chi connectivity index (χ0) is 19.5. The van der Waals surface area contributed by atoms with E-state index in [1.807, 2.05) is 0 Å². The minimum atomic E-state index is -0.275. The summed E-state index contributed by atoms with van der Waals surface area (Å²) >= 11 is 0. The van der Waals surface area contributed by atoms with Gasteiger partial charge in [-0.25, -0.2) is 0 Å². The highest BCUT2D eigenvalue weighted by Crippen LogP contribution is 2.65. The highest BCUT2D eigenvalue weighted by molar-refractivity contribution is 5.87. The van der Waals surface area contributed by atoms with Gasteiger partial charge >= 0.3 is 0 Å². The van der Waals surface area contributed by atoms with E-state index in [2.05, 4.69) is 24.3 Å². The second-order valence-corrected chi connectivity index (χ2v) is 10.8. The SMILES string of the molecule is C[C@]12CCC(=NO[C@@H]3CCNC3)CC1[C@@H](O)C[C@@H]1[C@@H]2CC[C@]2(C)C(=O)CC[C@@H]12. The first-order valence-corrected chi connectivity index (χ1v) is 11.6. The van der Waals surface area contributed by atoms with Crippen molar-refractivity contribution in [1.29, 1.82) is 0 Å². The molecule has 1 aliphatic heterocycles. The fourth-order valence-electron chi connectivity index (χ4n) is 7.82. The Labute approximate surface area is 168 Å². The molecule has 156 valence electrons. The maximum absolute atomic E-state index is 12.6. The summed E-state index contributed by atoms with van der Waals surface area (Å²) in [4.78, 5) is 18.4. The molecule has 0 spiro atoms. The number of carbonyl (C=O) groups excluding carboxylic acids is 1. The molecule has 1 saturated heterocycles. The summed E-state index contributed by atoms with van der Waals surface area (Å²) in [6.45, 7) is 6.55. The van der Waals surface area contributed by atoms with Gasteiger partial charge in [0.25, 0.3) is 0 Å². The Kier molecular flexibility index (Phi) is 4.63. The quantitative estimate of drug-likeness (QED) is 0.712. The van der Waals surface area contributed by atoms with E-state index >= 15 is 0 Å². The molecule has 8 atom stereocenters. The number of oxime groups is 1. The van der Waals surface area contributed by atoms with Gasteiger partial charge in [-0.1, -0.05) is 19.0 Å². The molecule has 0 bridgehead atoms. The number of hydrogen-bond acceptors (Lipinski definition) is 5. The molecule has 0 aromatic carbocycles. The normalized spacial score (nSPS) is 52.2. The van der Waals surface area contributed by atoms with Crippen LogP contribution in [0.25, 0.3) is 0 Å². The first kappa shape index (κ1) is 19.0. The molecule has 0 aromatic rings. The molecule has 5 rings (SSSR count). The maximum atomic E-state index is 12.6. The number of nitrogens with zero attached hydrogens (tertiary/aromatic N) is 1. The topological polar surface area (TPSA) is 70.9 Å². The Morgan fingerprint density at radius 1 is 1.11 bits per heavy atom. The molecule has 1 heterocycles. The lowest BCUT2D eigenvalue weighted by Crippen LogP contribution is -2.57. The highest BCUT2D eigenvalue weighted by Gasteiger charge is 2.61. The number of aliphatic hydroxyl groups is 1. The molecule has 0 amide bonds. The van der Waals surface area contributed by atoms with Crippen LogP contribution in [0.3, 0.4) is 0 Å². The minimum absolute atomic E-state index is 0.117. The van der Waals surface area contributed by atoms with E-state index in [4.69, 9.17) is 4.84 Å². The molecule has 0 radical (unpaired) electrons. The zero-order valence-corrected chi connectivity index (χ0v) is 17.5. The molecule has 1 unspecified atom stereocenters. The van der Waals surface area contributed by atoms with Crippen molar-refractivity contribution in [2.24, 2.45) is 39.7 Å². The third-order valence-corrected chi connectivity index (χ3v) is 9.57. The van der Waals surface area contributed by atoms with Crippen LogP contribution in [0, 0.1) is 34.5 Å². The van der Waals surface area contributed by atoms with E-state index in [0.29, 0.717) is 23.5 Å². The summed E-state index contributed by atoms with van der Waals surface area (Å²) in [5.41, 5.74) is 1.20. The van der Waals surface area contributed by atoms with E-state index in [-0.39, 0.29) is 29.0 Å². The van der Waals surface area contributed by atoms with Crippen LogP contribution in [0.1, 0.15) is 71.6 Å². The molecule has 4 saturated carbocycles. The number of Topliss-reactive ketones (excluding diaryl/α,β-unsaturated/α-hetero) is 1. The Hall–Kier alpha value is -0.940. The van der Waals surface area contributed by atoms with Gasteiger partial charge in [-0.15, -0.1) is 0 Å². The Morgan fingerprint density at radius 3 is 2.75 bits per heavy atom. The van der Waals surface area contributed by atoms with Crippen molar-refractivity contribution in [3.63, 3.8) is 0 Å². The number of fused-ring (bicyclic) bond motifs is 5. The van der Waals surface area contributed by atoms with Gasteiger partial charge in [0, 0.05) is 24.8 Å². The number of ketones is 1. The Balaban J connectivity index is 1.34. The van der Waals surface area contributed by atoms with Gasteiger partial charge in [-0.3, -0.25) is 4.79 Å². The molecule has 4 aliphatic carbocycles. The number of nitrogens with one attached hydrogen (secondary N) is 1. The summed E-state index contributed by atoms with van der Waals surface area (Å²) in [6.07, 6.45) is 8.80. The van der Waals surface area contributed by atoms with Crippen molar-refractivity contribution in [2.75, 3.05) is 13.1 Å². The Bertz CT molecular complexity index is 673.